The number of aryl methyl sites for hydroxylation is 1. The highest BCUT2D eigenvalue weighted by molar-refractivity contribution is 6.04. The van der Waals surface area contributed by atoms with Crippen LogP contribution in [0, 0.1) is 11.3 Å². The molecule has 0 aromatic carbocycles. The molecular formula is C21H15N7O. The van der Waals surface area contributed by atoms with Gasteiger partial charge in [-0.3, -0.25) is 19.4 Å². The van der Waals surface area contributed by atoms with Gasteiger partial charge in [0.1, 0.15) is 11.4 Å². The fraction of sp³-hybridized carbons (Fsp3) is 0.0476. The average Bonchev–Trinajstić information content (AvgIpc) is 3.14. The van der Waals surface area contributed by atoms with E-state index in [0.717, 1.165) is 0 Å². The predicted octanol–water partition coefficient (Wildman–Crippen LogP) is 3.06. The Bertz CT molecular complexity index is 1230. The second-order valence-electron chi connectivity index (χ2n) is 6.18. The molecule has 29 heavy (non-hydrogen) atoms. The molecule has 4 aromatic rings. The number of anilines is 1. The van der Waals surface area contributed by atoms with Crippen LogP contribution in [0.25, 0.3) is 22.6 Å². The lowest BCUT2D eigenvalue weighted by Crippen LogP contribution is -2.14. The van der Waals surface area contributed by atoms with Crippen molar-refractivity contribution in [3.63, 3.8) is 0 Å². The molecule has 8 heteroatoms. The molecule has 4 heterocycles. The van der Waals surface area contributed by atoms with Gasteiger partial charge in [-0.1, -0.05) is 12.1 Å². The molecule has 0 spiro atoms. The van der Waals surface area contributed by atoms with Gasteiger partial charge in [-0.2, -0.15) is 10.4 Å². The molecular weight excluding hydrogens is 366 g/mol. The third-order valence-electron chi connectivity index (χ3n) is 4.18. The molecule has 0 aliphatic carbocycles. The summed E-state index contributed by atoms with van der Waals surface area (Å²) in [5, 5.41) is 16.5. The Morgan fingerprint density at radius 1 is 1.10 bits per heavy atom. The summed E-state index contributed by atoms with van der Waals surface area (Å²) < 4.78 is 1.61. The van der Waals surface area contributed by atoms with Crippen molar-refractivity contribution in [1.29, 1.82) is 5.26 Å². The average molecular weight is 381 g/mol. The molecule has 0 saturated carbocycles. The molecule has 0 atom stereocenters. The van der Waals surface area contributed by atoms with Crippen LogP contribution < -0.4 is 5.32 Å². The highest BCUT2D eigenvalue weighted by atomic mass is 16.1. The van der Waals surface area contributed by atoms with Gasteiger partial charge in [0.05, 0.1) is 28.7 Å². The van der Waals surface area contributed by atoms with Crippen LogP contribution in [0.3, 0.4) is 0 Å². The zero-order valence-electron chi connectivity index (χ0n) is 15.4. The maximum absolute atomic E-state index is 12.8. The Hall–Kier alpha value is -4.38. The number of aromatic nitrogens is 5. The first kappa shape index (κ1) is 18.0. The number of nitriles is 1. The fourth-order valence-corrected chi connectivity index (χ4v) is 2.87. The minimum atomic E-state index is -0.389. The van der Waals surface area contributed by atoms with E-state index in [1.54, 1.807) is 60.8 Å². The lowest BCUT2D eigenvalue weighted by atomic mass is 10.1. The summed E-state index contributed by atoms with van der Waals surface area (Å²) >= 11 is 0. The number of amides is 1. The van der Waals surface area contributed by atoms with Crippen LogP contribution in [0.15, 0.2) is 67.3 Å². The SMILES string of the molecule is Cn1cc(NC(=O)c2cccc(-c3cnccc3C#N)n2)c(-c2ccccn2)n1. The first-order valence-electron chi connectivity index (χ1n) is 8.73. The summed E-state index contributed by atoms with van der Waals surface area (Å²) in [6.45, 7) is 0. The van der Waals surface area contributed by atoms with Crippen molar-refractivity contribution in [1.82, 2.24) is 24.7 Å². The molecule has 0 aliphatic rings. The number of carbonyl (C=O) groups is 1. The van der Waals surface area contributed by atoms with E-state index in [9.17, 15) is 10.1 Å². The minimum Gasteiger partial charge on any atom is -0.317 e. The molecule has 0 bridgehead atoms. The molecule has 0 saturated heterocycles. The summed E-state index contributed by atoms with van der Waals surface area (Å²) in [5.41, 5.74) is 3.47. The molecule has 0 radical (unpaired) electrons. The van der Waals surface area contributed by atoms with E-state index >= 15 is 0 Å². The van der Waals surface area contributed by atoms with Gasteiger partial charge in [0, 0.05) is 37.4 Å². The molecule has 1 amide bonds. The van der Waals surface area contributed by atoms with E-state index in [2.05, 4.69) is 31.4 Å². The van der Waals surface area contributed by atoms with Gasteiger partial charge >= 0.3 is 0 Å². The standard InChI is InChI=1S/C21H15N7O/c1-28-13-19(20(27-28)17-5-2-3-9-24-17)26-21(29)18-7-4-6-16(25-18)15-12-23-10-8-14(15)11-22/h2-10,12-13H,1H3,(H,26,29). The van der Waals surface area contributed by atoms with E-state index in [0.29, 0.717) is 33.9 Å². The Morgan fingerprint density at radius 3 is 2.76 bits per heavy atom. The summed E-state index contributed by atoms with van der Waals surface area (Å²) in [4.78, 5) is 25.6. The van der Waals surface area contributed by atoms with Crippen molar-refractivity contribution in [2.24, 2.45) is 7.05 Å². The van der Waals surface area contributed by atoms with Crippen LogP contribution in [0.5, 0.6) is 0 Å². The van der Waals surface area contributed by atoms with Gasteiger partial charge in [0.15, 0.2) is 0 Å². The number of nitrogens with zero attached hydrogens (tertiary/aromatic N) is 6. The van der Waals surface area contributed by atoms with E-state index in [1.807, 2.05) is 18.2 Å². The molecule has 1 N–H and O–H groups in total. The number of rotatable bonds is 4. The van der Waals surface area contributed by atoms with Crippen LogP contribution in [0.4, 0.5) is 5.69 Å². The first-order valence-corrected chi connectivity index (χ1v) is 8.73. The van der Waals surface area contributed by atoms with Crippen LogP contribution in [-0.4, -0.2) is 30.6 Å². The summed E-state index contributed by atoms with van der Waals surface area (Å²) in [7, 11) is 1.77. The van der Waals surface area contributed by atoms with Gasteiger partial charge in [0.25, 0.3) is 5.91 Å². The van der Waals surface area contributed by atoms with E-state index in [4.69, 9.17) is 0 Å². The smallest absolute Gasteiger partial charge is 0.274 e. The topological polar surface area (TPSA) is 109 Å². The van der Waals surface area contributed by atoms with Crippen molar-refractivity contribution >= 4 is 11.6 Å². The Labute approximate surface area is 166 Å². The maximum atomic E-state index is 12.8. The lowest BCUT2D eigenvalue weighted by Gasteiger charge is -2.07. The third kappa shape index (κ3) is 3.70. The van der Waals surface area contributed by atoms with Gasteiger partial charge in [-0.25, -0.2) is 4.98 Å². The summed E-state index contributed by atoms with van der Waals surface area (Å²) in [6.07, 6.45) is 6.48. The molecule has 4 rings (SSSR count). The molecule has 0 fully saturated rings. The van der Waals surface area contributed by atoms with Crippen LogP contribution in [-0.2, 0) is 7.05 Å². The highest BCUT2D eigenvalue weighted by Crippen LogP contribution is 2.25. The second-order valence-corrected chi connectivity index (χ2v) is 6.18. The fourth-order valence-electron chi connectivity index (χ4n) is 2.87. The molecule has 8 nitrogen and oxygen atoms in total. The maximum Gasteiger partial charge on any atom is 0.274 e. The van der Waals surface area contributed by atoms with Gasteiger partial charge in [-0.15, -0.1) is 0 Å². The highest BCUT2D eigenvalue weighted by Gasteiger charge is 2.16. The molecule has 140 valence electrons. The first-order chi connectivity index (χ1) is 14.2. The van der Waals surface area contributed by atoms with E-state index in [1.165, 1.54) is 0 Å². The van der Waals surface area contributed by atoms with Crippen LogP contribution >= 0.6 is 0 Å². The zero-order valence-corrected chi connectivity index (χ0v) is 15.4. The number of hydrogen-bond donors (Lipinski definition) is 1. The Kier molecular flexibility index (Phi) is 4.78. The second kappa shape index (κ2) is 7.70. The third-order valence-corrected chi connectivity index (χ3v) is 4.18. The zero-order chi connectivity index (χ0) is 20.2. The minimum absolute atomic E-state index is 0.214. The van der Waals surface area contributed by atoms with E-state index in [-0.39, 0.29) is 11.6 Å². The number of nitrogens with one attached hydrogen (secondary N) is 1. The van der Waals surface area contributed by atoms with Crippen molar-refractivity contribution in [3.05, 3.63) is 78.5 Å². The van der Waals surface area contributed by atoms with Crippen molar-refractivity contribution < 1.29 is 4.79 Å². The Balaban J connectivity index is 1.65. The van der Waals surface area contributed by atoms with Crippen molar-refractivity contribution in [3.8, 4) is 28.7 Å². The monoisotopic (exact) mass is 381 g/mol. The van der Waals surface area contributed by atoms with E-state index < -0.39 is 0 Å². The lowest BCUT2D eigenvalue weighted by molar-refractivity contribution is 0.102. The molecule has 4 aromatic heterocycles. The summed E-state index contributed by atoms with van der Waals surface area (Å²) in [6, 6.07) is 14.3. The van der Waals surface area contributed by atoms with Crippen LogP contribution in [0.2, 0.25) is 0 Å². The summed E-state index contributed by atoms with van der Waals surface area (Å²) in [5.74, 6) is -0.389. The largest absolute Gasteiger partial charge is 0.317 e. The van der Waals surface area contributed by atoms with Crippen molar-refractivity contribution in [2.45, 2.75) is 0 Å². The number of carbonyl (C=O) groups excluding carboxylic acids is 1. The van der Waals surface area contributed by atoms with Crippen molar-refractivity contribution in [2.75, 3.05) is 5.32 Å². The molecule has 0 unspecified atom stereocenters. The Morgan fingerprint density at radius 2 is 1.97 bits per heavy atom. The molecule has 0 aliphatic heterocycles. The normalized spacial score (nSPS) is 10.3. The predicted molar refractivity (Wildman–Crippen MR) is 107 cm³/mol. The number of hydrogen-bond acceptors (Lipinski definition) is 6. The quantitative estimate of drug-likeness (QED) is 0.582. The van der Waals surface area contributed by atoms with Gasteiger partial charge in [0.2, 0.25) is 0 Å². The van der Waals surface area contributed by atoms with Crippen LogP contribution in [0.1, 0.15) is 16.1 Å². The van der Waals surface area contributed by atoms with Gasteiger partial charge in [-0.05, 0) is 30.3 Å². The number of pyridine rings is 3. The van der Waals surface area contributed by atoms with Gasteiger partial charge < -0.3 is 5.32 Å².